The van der Waals surface area contributed by atoms with Crippen molar-refractivity contribution >= 4 is 11.7 Å². The number of ether oxygens (including phenoxy) is 1. The maximum Gasteiger partial charge on any atom is 0.307 e. The third kappa shape index (κ3) is 2.30. The van der Waals surface area contributed by atoms with Gasteiger partial charge in [-0.25, -0.2) is 8.78 Å². The highest BCUT2D eigenvalue weighted by atomic mass is 19.1. The van der Waals surface area contributed by atoms with Gasteiger partial charge in [-0.2, -0.15) is 0 Å². The second-order valence-electron chi connectivity index (χ2n) is 3.95. The Bertz CT molecular complexity index is 464. The van der Waals surface area contributed by atoms with Crippen molar-refractivity contribution in [3.8, 4) is 5.75 Å². The number of hydrogen-bond donors (Lipinski definition) is 2. The highest BCUT2D eigenvalue weighted by molar-refractivity contribution is 5.68. The monoisotopic (exact) mass is 243 g/mol. The van der Waals surface area contributed by atoms with E-state index in [1.165, 1.54) is 0 Å². The first-order chi connectivity index (χ1) is 7.97. The lowest BCUT2D eigenvalue weighted by Crippen LogP contribution is -2.41. The van der Waals surface area contributed by atoms with E-state index < -0.39 is 23.7 Å². The van der Waals surface area contributed by atoms with Gasteiger partial charge >= 0.3 is 5.97 Å². The Hall–Kier alpha value is -1.85. The Morgan fingerprint density at radius 3 is 2.88 bits per heavy atom. The van der Waals surface area contributed by atoms with Crippen LogP contribution in [-0.4, -0.2) is 23.2 Å². The fourth-order valence-electron chi connectivity index (χ4n) is 1.76. The number of carboxylic acids is 1. The van der Waals surface area contributed by atoms with Gasteiger partial charge in [-0.1, -0.05) is 0 Å². The van der Waals surface area contributed by atoms with Crippen molar-refractivity contribution in [1.82, 2.24) is 0 Å². The van der Waals surface area contributed by atoms with Crippen LogP contribution >= 0.6 is 0 Å². The molecule has 0 fully saturated rings. The molecule has 0 aliphatic carbocycles. The predicted molar refractivity (Wildman–Crippen MR) is 56.1 cm³/mol. The number of nitrogens with one attached hydrogen (secondary N) is 1. The van der Waals surface area contributed by atoms with E-state index in [1.54, 1.807) is 6.92 Å². The molecular weight excluding hydrogens is 232 g/mol. The van der Waals surface area contributed by atoms with E-state index in [2.05, 4.69) is 5.32 Å². The van der Waals surface area contributed by atoms with Crippen LogP contribution in [-0.2, 0) is 4.79 Å². The molecule has 1 heterocycles. The third-order valence-corrected chi connectivity index (χ3v) is 2.60. The molecule has 1 aliphatic rings. The molecule has 4 nitrogen and oxygen atoms in total. The summed E-state index contributed by atoms with van der Waals surface area (Å²) in [4.78, 5) is 10.6. The fourth-order valence-corrected chi connectivity index (χ4v) is 1.76. The molecule has 0 amide bonds. The van der Waals surface area contributed by atoms with Crippen molar-refractivity contribution in [2.24, 2.45) is 0 Å². The first-order valence-electron chi connectivity index (χ1n) is 5.11. The number of fused-ring (bicyclic) bond motifs is 1. The molecule has 0 radical (unpaired) electrons. The molecule has 1 aliphatic heterocycles. The van der Waals surface area contributed by atoms with Crippen LogP contribution in [0.3, 0.4) is 0 Å². The van der Waals surface area contributed by atoms with E-state index in [-0.39, 0.29) is 23.9 Å². The third-order valence-electron chi connectivity index (χ3n) is 2.60. The normalized spacial score (nSPS) is 22.3. The minimum atomic E-state index is -1.02. The number of benzene rings is 1. The number of rotatable bonds is 2. The summed E-state index contributed by atoms with van der Waals surface area (Å²) >= 11 is 0. The van der Waals surface area contributed by atoms with E-state index in [0.717, 1.165) is 12.1 Å². The molecule has 2 atom stereocenters. The number of hydrogen-bond acceptors (Lipinski definition) is 3. The van der Waals surface area contributed by atoms with Crippen molar-refractivity contribution in [3.05, 3.63) is 23.8 Å². The van der Waals surface area contributed by atoms with Crippen molar-refractivity contribution in [1.29, 1.82) is 0 Å². The first-order valence-corrected chi connectivity index (χ1v) is 5.11. The highest BCUT2D eigenvalue weighted by Gasteiger charge is 2.30. The van der Waals surface area contributed by atoms with Gasteiger partial charge in [-0.05, 0) is 6.92 Å². The van der Waals surface area contributed by atoms with Crippen LogP contribution < -0.4 is 10.1 Å². The van der Waals surface area contributed by atoms with Crippen LogP contribution in [0.4, 0.5) is 14.5 Å². The quantitative estimate of drug-likeness (QED) is 0.834. The molecule has 2 N–H and O–H groups in total. The van der Waals surface area contributed by atoms with Crippen molar-refractivity contribution in [3.63, 3.8) is 0 Å². The Morgan fingerprint density at radius 2 is 2.24 bits per heavy atom. The molecule has 17 heavy (non-hydrogen) atoms. The molecule has 1 aromatic rings. The molecule has 6 heteroatoms. The number of carbonyl (C=O) groups is 1. The summed E-state index contributed by atoms with van der Waals surface area (Å²) in [6, 6.07) is 1.42. The Balaban J connectivity index is 2.30. The minimum Gasteiger partial charge on any atom is -0.485 e. The van der Waals surface area contributed by atoms with Crippen LogP contribution in [0.25, 0.3) is 0 Å². The molecule has 1 aromatic carbocycles. The second-order valence-corrected chi connectivity index (χ2v) is 3.95. The van der Waals surface area contributed by atoms with Gasteiger partial charge in [0.05, 0.1) is 12.5 Å². The molecule has 2 unspecified atom stereocenters. The van der Waals surface area contributed by atoms with Gasteiger partial charge in [0, 0.05) is 12.1 Å². The van der Waals surface area contributed by atoms with Crippen molar-refractivity contribution in [2.75, 3.05) is 5.32 Å². The molecule has 0 bridgehead atoms. The molecule has 92 valence electrons. The van der Waals surface area contributed by atoms with Crippen LogP contribution in [0.2, 0.25) is 0 Å². The van der Waals surface area contributed by atoms with E-state index in [0.29, 0.717) is 0 Å². The van der Waals surface area contributed by atoms with E-state index in [9.17, 15) is 13.6 Å². The zero-order valence-electron chi connectivity index (χ0n) is 9.04. The number of halogens is 2. The largest absolute Gasteiger partial charge is 0.485 e. The smallest absolute Gasteiger partial charge is 0.307 e. The van der Waals surface area contributed by atoms with Crippen LogP contribution in [0.5, 0.6) is 5.75 Å². The second kappa shape index (κ2) is 4.20. The van der Waals surface area contributed by atoms with Gasteiger partial charge in [0.15, 0.2) is 5.82 Å². The molecule has 2 rings (SSSR count). The maximum absolute atomic E-state index is 13.4. The standard InChI is InChI=1S/C11H11F2NO3/c1-5-8(4-10(15)16)17-9-3-6(12)2-7(13)11(9)14-5/h2-3,5,8,14H,4H2,1H3,(H,15,16). The van der Waals surface area contributed by atoms with Crippen molar-refractivity contribution < 1.29 is 23.4 Å². The molecule has 0 aromatic heterocycles. The van der Waals surface area contributed by atoms with Gasteiger partial charge in [-0.15, -0.1) is 0 Å². The summed E-state index contributed by atoms with van der Waals surface area (Å²) in [6.07, 6.45) is -0.882. The Kier molecular flexibility index (Phi) is 2.87. The number of aliphatic carboxylic acids is 1. The summed E-state index contributed by atoms with van der Waals surface area (Å²) in [6.45, 7) is 1.68. The molecule has 0 spiro atoms. The summed E-state index contributed by atoms with van der Waals surface area (Å²) in [7, 11) is 0. The van der Waals surface area contributed by atoms with Crippen LogP contribution in [0.15, 0.2) is 12.1 Å². The topological polar surface area (TPSA) is 58.6 Å². The summed E-state index contributed by atoms with van der Waals surface area (Å²) in [5.41, 5.74) is 0.0699. The molecule has 0 saturated heterocycles. The van der Waals surface area contributed by atoms with Gasteiger partial charge in [0.2, 0.25) is 0 Å². The lowest BCUT2D eigenvalue weighted by atomic mass is 10.1. The van der Waals surface area contributed by atoms with Crippen LogP contribution in [0, 0.1) is 11.6 Å². The van der Waals surface area contributed by atoms with Gasteiger partial charge in [0.1, 0.15) is 23.4 Å². The Labute approximate surface area is 96.2 Å². The van der Waals surface area contributed by atoms with Gasteiger partial charge in [0.25, 0.3) is 0 Å². The number of carboxylic acid groups (broad SMARTS) is 1. The van der Waals surface area contributed by atoms with E-state index >= 15 is 0 Å². The average Bonchev–Trinajstić information content (AvgIpc) is 2.20. The van der Waals surface area contributed by atoms with Gasteiger partial charge in [-0.3, -0.25) is 4.79 Å². The van der Waals surface area contributed by atoms with Crippen molar-refractivity contribution in [2.45, 2.75) is 25.5 Å². The lowest BCUT2D eigenvalue weighted by Gasteiger charge is -2.32. The highest BCUT2D eigenvalue weighted by Crippen LogP contribution is 2.35. The molecular formula is C11H11F2NO3. The van der Waals surface area contributed by atoms with Crippen LogP contribution in [0.1, 0.15) is 13.3 Å². The van der Waals surface area contributed by atoms with E-state index in [1.807, 2.05) is 0 Å². The summed E-state index contributed by atoms with van der Waals surface area (Å²) in [5.74, 6) is -2.52. The lowest BCUT2D eigenvalue weighted by molar-refractivity contribution is -0.139. The maximum atomic E-state index is 13.4. The first kappa shape index (κ1) is 11.6. The summed E-state index contributed by atoms with van der Waals surface area (Å²) < 4.78 is 31.7. The van der Waals surface area contributed by atoms with E-state index in [4.69, 9.17) is 9.84 Å². The summed E-state index contributed by atoms with van der Waals surface area (Å²) in [5, 5.41) is 11.5. The zero-order valence-corrected chi connectivity index (χ0v) is 9.04. The SMILES string of the molecule is CC1Nc2c(F)cc(F)cc2OC1CC(=O)O. The number of anilines is 1. The molecule has 0 saturated carbocycles. The zero-order chi connectivity index (χ0) is 12.6. The van der Waals surface area contributed by atoms with Gasteiger partial charge < -0.3 is 15.2 Å². The Morgan fingerprint density at radius 1 is 1.53 bits per heavy atom. The average molecular weight is 243 g/mol. The fraction of sp³-hybridized carbons (Fsp3) is 0.364. The minimum absolute atomic E-state index is 0.00634. The predicted octanol–water partition coefficient (Wildman–Crippen LogP) is 2.00.